The Balaban J connectivity index is 1.97. The van der Waals surface area contributed by atoms with E-state index < -0.39 is 6.10 Å². The molecule has 5 heteroatoms. The summed E-state index contributed by atoms with van der Waals surface area (Å²) in [5, 5.41) is 13.1. The molecule has 0 spiro atoms. The van der Waals surface area contributed by atoms with Crippen molar-refractivity contribution in [1.29, 1.82) is 0 Å². The maximum Gasteiger partial charge on any atom is 0.0897 e. The van der Waals surface area contributed by atoms with Crippen LogP contribution in [-0.2, 0) is 16.0 Å². The van der Waals surface area contributed by atoms with Crippen molar-refractivity contribution >= 4 is 11.3 Å². The van der Waals surface area contributed by atoms with Crippen LogP contribution < -0.4 is 5.32 Å². The minimum absolute atomic E-state index is 0.354. The average Bonchev–Trinajstić information content (AvgIpc) is 2.76. The molecule has 0 radical (unpaired) electrons. The van der Waals surface area contributed by atoms with Crippen LogP contribution in [0.4, 0.5) is 0 Å². The van der Waals surface area contributed by atoms with Gasteiger partial charge in [0.15, 0.2) is 0 Å². The molecular weight excluding hydrogens is 286 g/mol. The van der Waals surface area contributed by atoms with Crippen molar-refractivity contribution in [2.45, 2.75) is 46.3 Å². The van der Waals surface area contributed by atoms with Crippen LogP contribution in [-0.4, -0.2) is 44.2 Å². The Morgan fingerprint density at radius 1 is 1.24 bits per heavy atom. The predicted molar refractivity (Wildman–Crippen MR) is 88.1 cm³/mol. The Morgan fingerprint density at radius 2 is 2.00 bits per heavy atom. The number of ether oxygens (including phenoxy) is 2. The third-order valence-electron chi connectivity index (χ3n) is 3.22. The highest BCUT2D eigenvalue weighted by molar-refractivity contribution is 7.12. The topological polar surface area (TPSA) is 50.7 Å². The lowest BCUT2D eigenvalue weighted by molar-refractivity contribution is 0.00386. The number of unbranched alkanes of at least 4 members (excludes halogenated alkanes) is 1. The fourth-order valence-electron chi connectivity index (χ4n) is 1.84. The maximum atomic E-state index is 9.80. The number of rotatable bonds is 12. The van der Waals surface area contributed by atoms with Gasteiger partial charge in [-0.25, -0.2) is 0 Å². The fourth-order valence-corrected chi connectivity index (χ4v) is 2.87. The molecule has 0 amide bonds. The quantitative estimate of drug-likeness (QED) is 0.582. The summed E-state index contributed by atoms with van der Waals surface area (Å²) in [6, 6.07) is 2.20. The van der Waals surface area contributed by atoms with Gasteiger partial charge in [-0.2, -0.15) is 0 Å². The molecule has 1 atom stereocenters. The van der Waals surface area contributed by atoms with Crippen molar-refractivity contribution in [2.75, 3.05) is 33.0 Å². The van der Waals surface area contributed by atoms with E-state index in [0.717, 1.165) is 26.0 Å². The van der Waals surface area contributed by atoms with Gasteiger partial charge in [0, 0.05) is 29.5 Å². The van der Waals surface area contributed by atoms with Crippen LogP contribution in [0.15, 0.2) is 6.07 Å². The van der Waals surface area contributed by atoms with Crippen LogP contribution in [0.3, 0.4) is 0 Å². The summed E-state index contributed by atoms with van der Waals surface area (Å²) in [5.74, 6) is 0. The normalized spacial score (nSPS) is 12.8. The van der Waals surface area contributed by atoms with Gasteiger partial charge in [-0.1, -0.05) is 13.3 Å². The summed E-state index contributed by atoms with van der Waals surface area (Å²) in [6.45, 7) is 10.1. The van der Waals surface area contributed by atoms with Crippen molar-refractivity contribution in [2.24, 2.45) is 0 Å². The maximum absolute atomic E-state index is 9.80. The molecule has 4 nitrogen and oxygen atoms in total. The first-order chi connectivity index (χ1) is 10.1. The molecule has 0 fully saturated rings. The van der Waals surface area contributed by atoms with Crippen molar-refractivity contribution in [3.05, 3.63) is 21.4 Å². The van der Waals surface area contributed by atoms with Crippen LogP contribution >= 0.6 is 11.3 Å². The van der Waals surface area contributed by atoms with Crippen molar-refractivity contribution < 1.29 is 14.6 Å². The molecule has 1 unspecified atom stereocenters. The van der Waals surface area contributed by atoms with Crippen molar-refractivity contribution in [3.8, 4) is 0 Å². The van der Waals surface area contributed by atoms with Gasteiger partial charge in [-0.3, -0.25) is 0 Å². The molecule has 1 aromatic heterocycles. The summed E-state index contributed by atoms with van der Waals surface area (Å²) in [4.78, 5) is 2.67. The highest BCUT2D eigenvalue weighted by atomic mass is 32.1. The van der Waals surface area contributed by atoms with E-state index in [0.29, 0.717) is 26.4 Å². The van der Waals surface area contributed by atoms with Gasteiger partial charge < -0.3 is 19.9 Å². The third-order valence-corrected chi connectivity index (χ3v) is 4.37. The lowest BCUT2D eigenvalue weighted by atomic mass is 10.3. The average molecular weight is 315 g/mol. The molecule has 1 rings (SSSR count). The first kappa shape index (κ1) is 18.6. The third kappa shape index (κ3) is 8.53. The zero-order chi connectivity index (χ0) is 15.5. The van der Waals surface area contributed by atoms with E-state index in [1.165, 1.54) is 15.3 Å². The first-order valence-corrected chi connectivity index (χ1v) is 8.55. The molecule has 0 aromatic carbocycles. The number of aryl methyl sites for hydroxylation is 2. The molecule has 2 N–H and O–H groups in total. The van der Waals surface area contributed by atoms with Crippen LogP contribution in [0.25, 0.3) is 0 Å². The molecule has 0 saturated carbocycles. The van der Waals surface area contributed by atoms with E-state index in [1.54, 1.807) is 11.3 Å². The molecule has 1 heterocycles. The summed E-state index contributed by atoms with van der Waals surface area (Å²) >= 11 is 1.80. The lowest BCUT2D eigenvalue weighted by Gasteiger charge is -2.12. The lowest BCUT2D eigenvalue weighted by Crippen LogP contribution is -2.30. The standard InChI is InChI=1S/C16H29NO3S/c1-4-5-6-19-7-8-20-12-15(18)10-17-11-16-9-13(2)14(3)21-16/h9,15,17-18H,4-8,10-12H2,1-3H3. The summed E-state index contributed by atoms with van der Waals surface area (Å²) in [5.41, 5.74) is 1.34. The van der Waals surface area contributed by atoms with Crippen LogP contribution in [0.5, 0.6) is 0 Å². The Bertz CT molecular complexity index is 362. The van der Waals surface area contributed by atoms with Gasteiger partial charge in [0.25, 0.3) is 0 Å². The molecule has 0 aliphatic carbocycles. The van der Waals surface area contributed by atoms with Gasteiger partial charge in [-0.05, 0) is 31.9 Å². The van der Waals surface area contributed by atoms with Crippen molar-refractivity contribution in [1.82, 2.24) is 5.32 Å². The fraction of sp³-hybridized carbons (Fsp3) is 0.750. The first-order valence-electron chi connectivity index (χ1n) is 7.73. The molecular formula is C16H29NO3S. The summed E-state index contributed by atoms with van der Waals surface area (Å²) < 4.78 is 10.8. The van der Waals surface area contributed by atoms with E-state index in [1.807, 2.05) is 0 Å². The second-order valence-corrected chi connectivity index (χ2v) is 6.62. The largest absolute Gasteiger partial charge is 0.389 e. The van der Waals surface area contributed by atoms with Gasteiger partial charge in [0.2, 0.25) is 0 Å². The van der Waals surface area contributed by atoms with E-state index in [-0.39, 0.29) is 0 Å². The molecule has 21 heavy (non-hydrogen) atoms. The van der Waals surface area contributed by atoms with Gasteiger partial charge in [0.05, 0.1) is 25.9 Å². The SMILES string of the molecule is CCCCOCCOCC(O)CNCc1cc(C)c(C)s1. The van der Waals surface area contributed by atoms with E-state index in [9.17, 15) is 5.11 Å². The van der Waals surface area contributed by atoms with Gasteiger partial charge in [0.1, 0.15) is 0 Å². The predicted octanol–water partition coefficient (Wildman–Crippen LogP) is 2.65. The molecule has 0 aliphatic rings. The Hall–Kier alpha value is -0.460. The minimum atomic E-state index is -0.470. The number of nitrogens with one attached hydrogen (secondary N) is 1. The summed E-state index contributed by atoms with van der Waals surface area (Å²) in [7, 11) is 0. The van der Waals surface area contributed by atoms with Crippen LogP contribution in [0.1, 0.15) is 35.1 Å². The van der Waals surface area contributed by atoms with E-state index >= 15 is 0 Å². The molecule has 0 aliphatic heterocycles. The van der Waals surface area contributed by atoms with E-state index in [2.05, 4.69) is 32.2 Å². The monoisotopic (exact) mass is 315 g/mol. The number of aliphatic hydroxyl groups is 1. The number of hydrogen-bond acceptors (Lipinski definition) is 5. The molecule has 122 valence electrons. The Morgan fingerprint density at radius 3 is 2.67 bits per heavy atom. The molecule has 0 bridgehead atoms. The Labute approximate surface area is 132 Å². The van der Waals surface area contributed by atoms with Crippen molar-refractivity contribution in [3.63, 3.8) is 0 Å². The highest BCUT2D eigenvalue weighted by Gasteiger charge is 2.05. The second kappa shape index (κ2) is 11.2. The zero-order valence-electron chi connectivity index (χ0n) is 13.5. The van der Waals surface area contributed by atoms with Crippen LogP contribution in [0.2, 0.25) is 0 Å². The number of hydrogen-bond donors (Lipinski definition) is 2. The molecule has 1 aromatic rings. The van der Waals surface area contributed by atoms with Crippen LogP contribution in [0, 0.1) is 13.8 Å². The summed E-state index contributed by atoms with van der Waals surface area (Å²) in [6.07, 6.45) is 1.77. The van der Waals surface area contributed by atoms with Gasteiger partial charge in [-0.15, -0.1) is 11.3 Å². The van der Waals surface area contributed by atoms with E-state index in [4.69, 9.17) is 9.47 Å². The Kier molecular flexibility index (Phi) is 9.87. The number of aliphatic hydroxyl groups excluding tert-OH is 1. The zero-order valence-corrected chi connectivity index (χ0v) is 14.3. The van der Waals surface area contributed by atoms with Gasteiger partial charge >= 0.3 is 0 Å². The minimum Gasteiger partial charge on any atom is -0.389 e. The smallest absolute Gasteiger partial charge is 0.0897 e. The number of thiophene rings is 1. The second-order valence-electron chi connectivity index (χ2n) is 5.28. The highest BCUT2D eigenvalue weighted by Crippen LogP contribution is 2.20. The molecule has 0 saturated heterocycles.